The van der Waals surface area contributed by atoms with Gasteiger partial charge in [0, 0.05) is 4.91 Å². The average Bonchev–Trinajstić information content (AvgIpc) is 2.40. The lowest BCUT2D eigenvalue weighted by atomic mass is 9.95. The molecule has 20 heavy (non-hydrogen) atoms. The molecule has 1 aromatic carbocycles. The van der Waals surface area contributed by atoms with Crippen LogP contribution in [0.5, 0.6) is 0 Å². The molecule has 0 aliphatic carbocycles. The Bertz CT molecular complexity index is 507. The van der Waals surface area contributed by atoms with Crippen molar-refractivity contribution in [2.24, 2.45) is 5.11 Å². The highest BCUT2D eigenvalue weighted by molar-refractivity contribution is 7.53. The Kier molecular flexibility index (Phi) is 6.24. The third-order valence-electron chi connectivity index (χ3n) is 2.81. The van der Waals surface area contributed by atoms with E-state index in [1.54, 1.807) is 20.8 Å². The topological polar surface area (TPSA) is 84.3 Å². The van der Waals surface area contributed by atoms with Crippen LogP contribution < -0.4 is 0 Å². The maximum absolute atomic E-state index is 12.6. The zero-order valence-corrected chi connectivity index (χ0v) is 12.9. The van der Waals surface area contributed by atoms with Crippen molar-refractivity contribution >= 4 is 7.60 Å². The van der Waals surface area contributed by atoms with E-state index in [9.17, 15) is 4.57 Å². The second-order valence-corrected chi connectivity index (χ2v) is 6.49. The second kappa shape index (κ2) is 7.46. The molecule has 1 atom stereocenters. The highest BCUT2D eigenvalue weighted by Gasteiger charge is 2.37. The molecule has 1 unspecified atom stereocenters. The first-order valence-corrected chi connectivity index (χ1v) is 8.22. The van der Waals surface area contributed by atoms with E-state index in [0.29, 0.717) is 0 Å². The van der Waals surface area contributed by atoms with Crippen molar-refractivity contribution in [1.82, 2.24) is 0 Å². The molecule has 1 aromatic rings. The number of benzene rings is 1. The minimum atomic E-state index is -3.30. The summed E-state index contributed by atoms with van der Waals surface area (Å²) >= 11 is 0. The predicted octanol–water partition coefficient (Wildman–Crippen LogP) is 4.48. The molecule has 7 heteroatoms. The highest BCUT2D eigenvalue weighted by atomic mass is 31.2. The molecule has 110 valence electrons. The fourth-order valence-electron chi connectivity index (χ4n) is 1.98. The van der Waals surface area contributed by atoms with E-state index in [-0.39, 0.29) is 19.4 Å². The molecule has 0 aliphatic heterocycles. The summed E-state index contributed by atoms with van der Waals surface area (Å²) in [4.78, 5) is 2.88. The van der Waals surface area contributed by atoms with E-state index >= 15 is 0 Å². The summed E-state index contributed by atoms with van der Waals surface area (Å²) in [6.45, 7) is 5.78. The van der Waals surface area contributed by atoms with Gasteiger partial charge in [-0.1, -0.05) is 35.4 Å². The Morgan fingerprint density at radius 1 is 1.25 bits per heavy atom. The SMILES string of the molecule is CCOP(=O)(CC(C)(N=[N+]=[N-])c1ccccc1)OCC. The zero-order valence-electron chi connectivity index (χ0n) is 12.0. The lowest BCUT2D eigenvalue weighted by Gasteiger charge is -2.28. The third-order valence-corrected chi connectivity index (χ3v) is 5.12. The molecule has 0 saturated carbocycles. The molecule has 0 N–H and O–H groups in total. The molecule has 0 saturated heterocycles. The van der Waals surface area contributed by atoms with Crippen LogP contribution in [0.15, 0.2) is 35.4 Å². The number of rotatable bonds is 8. The van der Waals surface area contributed by atoms with Crippen molar-refractivity contribution in [2.75, 3.05) is 19.4 Å². The Balaban J connectivity index is 3.14. The zero-order chi connectivity index (χ0) is 15.1. The van der Waals surface area contributed by atoms with Crippen molar-refractivity contribution in [3.8, 4) is 0 Å². The van der Waals surface area contributed by atoms with Gasteiger partial charge in [0.25, 0.3) is 0 Å². The molecule has 0 aromatic heterocycles. The van der Waals surface area contributed by atoms with Crippen LogP contribution in [0, 0.1) is 0 Å². The summed E-state index contributed by atoms with van der Waals surface area (Å²) in [5.41, 5.74) is 8.61. The smallest absolute Gasteiger partial charge is 0.309 e. The van der Waals surface area contributed by atoms with Gasteiger partial charge in [0.2, 0.25) is 0 Å². The minimum Gasteiger partial charge on any atom is -0.309 e. The van der Waals surface area contributed by atoms with Crippen LogP contribution in [0.25, 0.3) is 10.4 Å². The third kappa shape index (κ3) is 4.36. The van der Waals surface area contributed by atoms with Gasteiger partial charge in [-0.05, 0) is 31.9 Å². The first-order valence-electron chi connectivity index (χ1n) is 6.49. The van der Waals surface area contributed by atoms with E-state index in [4.69, 9.17) is 14.6 Å². The van der Waals surface area contributed by atoms with Crippen molar-refractivity contribution in [2.45, 2.75) is 26.3 Å². The van der Waals surface area contributed by atoms with E-state index in [1.165, 1.54) is 0 Å². The van der Waals surface area contributed by atoms with Gasteiger partial charge in [-0.2, -0.15) is 0 Å². The van der Waals surface area contributed by atoms with Gasteiger partial charge < -0.3 is 9.05 Å². The molecule has 0 fully saturated rings. The minimum absolute atomic E-state index is 0.00968. The standard InChI is InChI=1S/C13H20N3O3P/c1-4-18-20(17,19-5-2)11-13(3,15-16-14)12-9-7-6-8-10-12/h6-10H,4-5,11H2,1-3H3. The van der Waals surface area contributed by atoms with Crippen molar-refractivity contribution in [3.63, 3.8) is 0 Å². The average molecular weight is 297 g/mol. The largest absolute Gasteiger partial charge is 0.331 e. The number of azide groups is 1. The van der Waals surface area contributed by atoms with E-state index in [0.717, 1.165) is 5.56 Å². The van der Waals surface area contributed by atoms with Crippen molar-refractivity contribution in [1.29, 1.82) is 0 Å². The van der Waals surface area contributed by atoms with Crippen LogP contribution in [0.3, 0.4) is 0 Å². The van der Waals surface area contributed by atoms with Crippen LogP contribution >= 0.6 is 7.60 Å². The van der Waals surface area contributed by atoms with Crippen molar-refractivity contribution < 1.29 is 13.6 Å². The molecule has 0 heterocycles. The van der Waals surface area contributed by atoms with Crippen molar-refractivity contribution in [3.05, 3.63) is 46.3 Å². The van der Waals surface area contributed by atoms with Gasteiger partial charge in [-0.3, -0.25) is 4.57 Å². The first kappa shape index (κ1) is 16.7. The molecule has 0 radical (unpaired) electrons. The molecule has 0 amide bonds. The molecular formula is C13H20N3O3P. The van der Waals surface area contributed by atoms with Crippen LogP contribution in [-0.4, -0.2) is 19.4 Å². The van der Waals surface area contributed by atoms with E-state index < -0.39 is 13.1 Å². The monoisotopic (exact) mass is 297 g/mol. The molecular weight excluding hydrogens is 277 g/mol. The quantitative estimate of drug-likeness (QED) is 0.307. The van der Waals surface area contributed by atoms with Gasteiger partial charge in [-0.25, -0.2) is 0 Å². The maximum Gasteiger partial charge on any atom is 0.331 e. The second-order valence-electron chi connectivity index (χ2n) is 4.43. The van der Waals surface area contributed by atoms with Gasteiger partial charge in [0.05, 0.1) is 24.9 Å². The van der Waals surface area contributed by atoms with Gasteiger partial charge >= 0.3 is 7.60 Å². The summed E-state index contributed by atoms with van der Waals surface area (Å²) in [5, 5.41) is 3.82. The first-order chi connectivity index (χ1) is 9.49. The number of hydrogen-bond donors (Lipinski definition) is 0. The fraction of sp³-hybridized carbons (Fsp3) is 0.538. The molecule has 0 bridgehead atoms. The lowest BCUT2D eigenvalue weighted by Crippen LogP contribution is -2.25. The van der Waals surface area contributed by atoms with Crippen LogP contribution in [-0.2, 0) is 19.2 Å². The Labute approximate surface area is 119 Å². The Hall–Kier alpha value is -1.32. The normalized spacial score (nSPS) is 14.3. The molecule has 0 spiro atoms. The maximum atomic E-state index is 12.6. The fourth-order valence-corrected chi connectivity index (χ4v) is 4.02. The van der Waals surface area contributed by atoms with Gasteiger partial charge in [0.1, 0.15) is 0 Å². The van der Waals surface area contributed by atoms with E-state index in [2.05, 4.69) is 10.0 Å². The summed E-state index contributed by atoms with van der Waals surface area (Å²) in [6, 6.07) is 9.21. The lowest BCUT2D eigenvalue weighted by molar-refractivity contribution is 0.214. The molecule has 6 nitrogen and oxygen atoms in total. The van der Waals surface area contributed by atoms with Crippen LogP contribution in [0.2, 0.25) is 0 Å². The summed E-state index contributed by atoms with van der Waals surface area (Å²) in [7, 11) is -3.30. The summed E-state index contributed by atoms with van der Waals surface area (Å²) in [5.74, 6) is 0. The highest BCUT2D eigenvalue weighted by Crippen LogP contribution is 2.53. The summed E-state index contributed by atoms with van der Waals surface area (Å²) in [6.07, 6.45) is 0.00968. The number of nitrogens with zero attached hydrogens (tertiary/aromatic N) is 3. The Morgan fingerprint density at radius 3 is 2.25 bits per heavy atom. The number of hydrogen-bond acceptors (Lipinski definition) is 4. The van der Waals surface area contributed by atoms with E-state index in [1.807, 2.05) is 30.3 Å². The Morgan fingerprint density at radius 2 is 1.80 bits per heavy atom. The predicted molar refractivity (Wildman–Crippen MR) is 78.7 cm³/mol. The molecule has 1 rings (SSSR count). The van der Waals surface area contributed by atoms with Gasteiger partial charge in [0.15, 0.2) is 0 Å². The van der Waals surface area contributed by atoms with Gasteiger partial charge in [-0.15, -0.1) is 0 Å². The van der Waals surface area contributed by atoms with Crippen LogP contribution in [0.4, 0.5) is 0 Å². The molecule has 0 aliphatic rings. The van der Waals surface area contributed by atoms with Crippen LogP contribution in [0.1, 0.15) is 26.3 Å². The summed E-state index contributed by atoms with van der Waals surface area (Å²) < 4.78 is 23.2.